The monoisotopic (exact) mass is 214 g/mol. The van der Waals surface area contributed by atoms with E-state index < -0.39 is 0 Å². The van der Waals surface area contributed by atoms with Crippen molar-refractivity contribution in [2.24, 2.45) is 5.73 Å². The molecule has 0 bridgehead atoms. The Morgan fingerprint density at radius 1 is 1.14 bits per heavy atom. The molecular formula is C11H22N2S. The lowest BCUT2D eigenvalue weighted by Crippen LogP contribution is -2.58. The van der Waals surface area contributed by atoms with Crippen LogP contribution in [0.4, 0.5) is 0 Å². The van der Waals surface area contributed by atoms with Gasteiger partial charge in [-0.15, -0.1) is 0 Å². The van der Waals surface area contributed by atoms with E-state index in [0.717, 1.165) is 6.54 Å². The van der Waals surface area contributed by atoms with E-state index in [2.05, 4.69) is 16.7 Å². The van der Waals surface area contributed by atoms with Gasteiger partial charge < -0.3 is 5.73 Å². The Bertz CT molecular complexity index is 172. The lowest BCUT2D eigenvalue weighted by atomic mass is 9.91. The fourth-order valence-electron chi connectivity index (χ4n) is 2.75. The number of rotatable bonds is 2. The van der Waals surface area contributed by atoms with Crippen LogP contribution in [0.5, 0.6) is 0 Å². The van der Waals surface area contributed by atoms with Gasteiger partial charge in [-0.05, 0) is 44.5 Å². The first-order valence-corrected chi connectivity index (χ1v) is 7.06. The first-order chi connectivity index (χ1) is 6.87. The average Bonchev–Trinajstić information content (AvgIpc) is 2.31. The highest BCUT2D eigenvalue weighted by atomic mass is 32.2. The van der Waals surface area contributed by atoms with Crippen molar-refractivity contribution in [3.05, 3.63) is 0 Å². The molecule has 0 aliphatic carbocycles. The summed E-state index contributed by atoms with van der Waals surface area (Å²) in [6, 6.07) is 0. The molecule has 0 aromatic rings. The van der Waals surface area contributed by atoms with Gasteiger partial charge in [0.1, 0.15) is 0 Å². The number of thioether (sulfide) groups is 1. The maximum Gasteiger partial charge on any atom is 0.0422 e. The SMILES string of the molecule is NCC1(N2CCCCC2)CCCSC1. The van der Waals surface area contributed by atoms with Gasteiger partial charge in [0, 0.05) is 17.8 Å². The molecule has 3 heteroatoms. The first-order valence-electron chi connectivity index (χ1n) is 5.90. The molecule has 0 aromatic heterocycles. The van der Waals surface area contributed by atoms with Gasteiger partial charge in [-0.3, -0.25) is 4.90 Å². The zero-order valence-electron chi connectivity index (χ0n) is 9.00. The molecule has 2 aliphatic rings. The maximum absolute atomic E-state index is 6.01. The fraction of sp³-hybridized carbons (Fsp3) is 1.00. The van der Waals surface area contributed by atoms with E-state index in [1.165, 1.54) is 56.7 Å². The molecule has 2 N–H and O–H groups in total. The molecular weight excluding hydrogens is 192 g/mol. The smallest absolute Gasteiger partial charge is 0.0422 e. The minimum atomic E-state index is 0.364. The van der Waals surface area contributed by atoms with Crippen LogP contribution in [-0.2, 0) is 0 Å². The largest absolute Gasteiger partial charge is 0.329 e. The van der Waals surface area contributed by atoms with Crippen molar-refractivity contribution < 1.29 is 0 Å². The van der Waals surface area contributed by atoms with E-state index in [1.54, 1.807) is 0 Å². The van der Waals surface area contributed by atoms with Gasteiger partial charge >= 0.3 is 0 Å². The lowest BCUT2D eigenvalue weighted by Gasteiger charge is -2.47. The van der Waals surface area contributed by atoms with E-state index in [4.69, 9.17) is 5.73 Å². The summed E-state index contributed by atoms with van der Waals surface area (Å²) in [5.74, 6) is 2.61. The summed E-state index contributed by atoms with van der Waals surface area (Å²) in [6.45, 7) is 3.44. The lowest BCUT2D eigenvalue weighted by molar-refractivity contribution is 0.0807. The second-order valence-corrected chi connectivity index (χ2v) is 5.74. The Kier molecular flexibility index (Phi) is 3.74. The van der Waals surface area contributed by atoms with Gasteiger partial charge in [-0.25, -0.2) is 0 Å². The molecule has 0 amide bonds. The van der Waals surface area contributed by atoms with Crippen molar-refractivity contribution in [1.29, 1.82) is 0 Å². The van der Waals surface area contributed by atoms with Crippen molar-refractivity contribution in [3.63, 3.8) is 0 Å². The maximum atomic E-state index is 6.01. The van der Waals surface area contributed by atoms with Gasteiger partial charge in [-0.1, -0.05) is 6.42 Å². The van der Waals surface area contributed by atoms with Crippen molar-refractivity contribution in [3.8, 4) is 0 Å². The Balaban J connectivity index is 2.01. The molecule has 0 radical (unpaired) electrons. The molecule has 1 atom stereocenters. The van der Waals surface area contributed by atoms with Crippen LogP contribution in [-0.4, -0.2) is 41.6 Å². The summed E-state index contributed by atoms with van der Waals surface area (Å²) < 4.78 is 0. The number of nitrogens with two attached hydrogens (primary N) is 1. The standard InChI is InChI=1S/C11H22N2S/c12-9-11(5-4-8-14-10-11)13-6-2-1-3-7-13/h1-10,12H2. The molecule has 2 rings (SSSR count). The topological polar surface area (TPSA) is 29.3 Å². The molecule has 2 aliphatic heterocycles. The van der Waals surface area contributed by atoms with Crippen molar-refractivity contribution >= 4 is 11.8 Å². The summed E-state index contributed by atoms with van der Waals surface area (Å²) in [7, 11) is 0. The van der Waals surface area contributed by atoms with E-state index in [-0.39, 0.29) is 0 Å². The minimum Gasteiger partial charge on any atom is -0.329 e. The highest BCUT2D eigenvalue weighted by Gasteiger charge is 2.37. The van der Waals surface area contributed by atoms with Crippen LogP contribution in [0.1, 0.15) is 32.1 Å². The molecule has 2 heterocycles. The van der Waals surface area contributed by atoms with E-state index in [0.29, 0.717) is 5.54 Å². The van der Waals surface area contributed by atoms with Gasteiger partial charge in [0.2, 0.25) is 0 Å². The molecule has 2 fully saturated rings. The Morgan fingerprint density at radius 3 is 2.50 bits per heavy atom. The van der Waals surface area contributed by atoms with Crippen LogP contribution < -0.4 is 5.73 Å². The zero-order valence-corrected chi connectivity index (χ0v) is 9.82. The summed E-state index contributed by atoms with van der Waals surface area (Å²) in [5.41, 5.74) is 6.38. The highest BCUT2D eigenvalue weighted by molar-refractivity contribution is 7.99. The van der Waals surface area contributed by atoms with Crippen molar-refractivity contribution in [1.82, 2.24) is 4.90 Å². The van der Waals surface area contributed by atoms with Crippen molar-refractivity contribution in [2.75, 3.05) is 31.1 Å². The van der Waals surface area contributed by atoms with Gasteiger partial charge in [-0.2, -0.15) is 11.8 Å². The summed E-state index contributed by atoms with van der Waals surface area (Å²) in [5, 5.41) is 0. The highest BCUT2D eigenvalue weighted by Crippen LogP contribution is 2.33. The summed E-state index contributed by atoms with van der Waals surface area (Å²) >= 11 is 2.10. The van der Waals surface area contributed by atoms with Gasteiger partial charge in [0.05, 0.1) is 0 Å². The molecule has 0 saturated carbocycles. The van der Waals surface area contributed by atoms with Crippen LogP contribution in [0.2, 0.25) is 0 Å². The number of likely N-dealkylation sites (tertiary alicyclic amines) is 1. The average molecular weight is 214 g/mol. The predicted molar refractivity (Wildman–Crippen MR) is 63.8 cm³/mol. The number of nitrogens with zero attached hydrogens (tertiary/aromatic N) is 1. The van der Waals surface area contributed by atoms with Gasteiger partial charge in [0.15, 0.2) is 0 Å². The third-order valence-corrected chi connectivity index (χ3v) is 5.03. The Labute approximate surface area is 91.6 Å². The van der Waals surface area contributed by atoms with Crippen LogP contribution in [0.15, 0.2) is 0 Å². The Morgan fingerprint density at radius 2 is 1.93 bits per heavy atom. The van der Waals surface area contributed by atoms with E-state index >= 15 is 0 Å². The van der Waals surface area contributed by atoms with Crippen LogP contribution in [0, 0.1) is 0 Å². The molecule has 0 spiro atoms. The molecule has 82 valence electrons. The summed E-state index contributed by atoms with van der Waals surface area (Å²) in [6.07, 6.45) is 6.87. The molecule has 2 nitrogen and oxygen atoms in total. The van der Waals surface area contributed by atoms with E-state index in [9.17, 15) is 0 Å². The van der Waals surface area contributed by atoms with Crippen LogP contribution in [0.25, 0.3) is 0 Å². The van der Waals surface area contributed by atoms with Crippen LogP contribution >= 0.6 is 11.8 Å². The second-order valence-electron chi connectivity index (χ2n) is 4.63. The summed E-state index contributed by atoms with van der Waals surface area (Å²) in [4.78, 5) is 2.68. The molecule has 2 saturated heterocycles. The molecule has 14 heavy (non-hydrogen) atoms. The number of piperidine rings is 1. The predicted octanol–water partition coefficient (Wildman–Crippen LogP) is 1.70. The quantitative estimate of drug-likeness (QED) is 0.758. The molecule has 0 aromatic carbocycles. The fourth-order valence-corrected chi connectivity index (χ4v) is 4.06. The number of hydrogen-bond donors (Lipinski definition) is 1. The zero-order chi connectivity index (χ0) is 9.86. The van der Waals surface area contributed by atoms with E-state index in [1.807, 2.05) is 0 Å². The third-order valence-electron chi connectivity index (χ3n) is 3.71. The second kappa shape index (κ2) is 4.86. The normalized spacial score (nSPS) is 35.8. The number of hydrogen-bond acceptors (Lipinski definition) is 3. The van der Waals surface area contributed by atoms with Crippen molar-refractivity contribution in [2.45, 2.75) is 37.6 Å². The Hall–Kier alpha value is 0.270. The molecule has 1 unspecified atom stereocenters. The first kappa shape index (κ1) is 10.8. The third kappa shape index (κ3) is 2.10. The minimum absolute atomic E-state index is 0.364. The van der Waals surface area contributed by atoms with Crippen LogP contribution in [0.3, 0.4) is 0 Å². The van der Waals surface area contributed by atoms with Gasteiger partial charge in [0.25, 0.3) is 0 Å².